The van der Waals surface area contributed by atoms with Gasteiger partial charge < -0.3 is 19.5 Å². The molecule has 2 aromatic rings. The largest absolute Gasteiger partial charge is 0.372 e. The Bertz CT molecular complexity index is 828. The molecule has 6 nitrogen and oxygen atoms in total. The molecule has 2 amide bonds. The lowest BCUT2D eigenvalue weighted by Gasteiger charge is -2.39. The Hall–Kier alpha value is -2.34. The summed E-state index contributed by atoms with van der Waals surface area (Å²) in [5.41, 5.74) is 1.67. The highest BCUT2D eigenvalue weighted by Gasteiger charge is 2.33. The summed E-state index contributed by atoms with van der Waals surface area (Å²) in [4.78, 5) is 32.7. The molecule has 1 aromatic heterocycles. The van der Waals surface area contributed by atoms with Crippen molar-refractivity contribution in [3.63, 3.8) is 0 Å². The van der Waals surface area contributed by atoms with Crippen molar-refractivity contribution in [3.05, 3.63) is 36.0 Å². The number of carbonyl (C=O) groups excluding carboxylic acids is 2. The summed E-state index contributed by atoms with van der Waals surface area (Å²) in [6, 6.07) is 7.75. The molecule has 2 saturated heterocycles. The maximum atomic E-state index is 12.9. The smallest absolute Gasteiger partial charge is 0.253 e. The highest BCUT2D eigenvalue weighted by Crippen LogP contribution is 2.24. The average molecular weight is 369 g/mol. The van der Waals surface area contributed by atoms with Crippen molar-refractivity contribution in [2.24, 2.45) is 5.92 Å². The summed E-state index contributed by atoms with van der Waals surface area (Å²) in [5, 5.41) is 1.10. The Morgan fingerprint density at radius 1 is 1.04 bits per heavy atom. The molecule has 144 valence electrons. The van der Waals surface area contributed by atoms with Gasteiger partial charge in [0.2, 0.25) is 5.91 Å². The molecule has 0 spiro atoms. The number of fused-ring (bicyclic) bond motifs is 1. The molecule has 2 aliphatic heterocycles. The number of likely N-dealkylation sites (tertiary alicyclic amines) is 1. The van der Waals surface area contributed by atoms with Gasteiger partial charge in [-0.15, -0.1) is 0 Å². The van der Waals surface area contributed by atoms with Crippen LogP contribution in [0.15, 0.2) is 30.5 Å². The zero-order chi connectivity index (χ0) is 19.0. The molecule has 2 aliphatic rings. The number of hydrogen-bond donors (Lipinski definition) is 1. The Labute approximate surface area is 159 Å². The summed E-state index contributed by atoms with van der Waals surface area (Å²) >= 11 is 0. The van der Waals surface area contributed by atoms with Gasteiger partial charge in [0.05, 0.1) is 12.2 Å². The molecule has 3 heterocycles. The molecule has 0 radical (unpaired) electrons. The molecule has 2 fully saturated rings. The fraction of sp³-hybridized carbons (Fsp3) is 0.524. The third-order valence-corrected chi connectivity index (χ3v) is 5.66. The minimum Gasteiger partial charge on any atom is -0.372 e. The van der Waals surface area contributed by atoms with E-state index in [2.05, 4.69) is 4.98 Å². The van der Waals surface area contributed by atoms with E-state index < -0.39 is 0 Å². The first-order valence-electron chi connectivity index (χ1n) is 9.82. The highest BCUT2D eigenvalue weighted by atomic mass is 16.5. The van der Waals surface area contributed by atoms with Crippen molar-refractivity contribution in [3.8, 4) is 0 Å². The van der Waals surface area contributed by atoms with Crippen LogP contribution in [0.25, 0.3) is 10.9 Å². The normalized spacial score (nSPS) is 24.4. The second-order valence-corrected chi connectivity index (χ2v) is 7.85. The van der Waals surface area contributed by atoms with E-state index in [1.165, 1.54) is 0 Å². The monoisotopic (exact) mass is 369 g/mol. The number of hydrogen-bond acceptors (Lipinski definition) is 3. The first-order chi connectivity index (χ1) is 13.0. The summed E-state index contributed by atoms with van der Waals surface area (Å²) in [7, 11) is 0. The fourth-order valence-electron chi connectivity index (χ4n) is 4.31. The number of morpholine rings is 1. The molecule has 4 rings (SSSR count). The number of rotatable bonds is 2. The van der Waals surface area contributed by atoms with Gasteiger partial charge in [0.25, 0.3) is 5.91 Å². The number of amides is 2. The standard InChI is InChI=1S/C21H27N3O3/c1-14-12-24(13-15(2)27-14)20(25)17-6-9-23(10-7-17)21(26)18-4-3-16-5-8-22-19(16)11-18/h3-5,8,11,14-15,17,22H,6-7,9-10,12-13H2,1-2H3/t14-,15-/m0/s1. The van der Waals surface area contributed by atoms with E-state index in [-0.39, 0.29) is 29.9 Å². The minimum absolute atomic E-state index is 0.0115. The van der Waals surface area contributed by atoms with Gasteiger partial charge in [0, 0.05) is 49.4 Å². The van der Waals surface area contributed by atoms with Gasteiger partial charge >= 0.3 is 0 Å². The second-order valence-electron chi connectivity index (χ2n) is 7.85. The number of aromatic nitrogens is 1. The lowest BCUT2D eigenvalue weighted by atomic mass is 9.94. The van der Waals surface area contributed by atoms with Gasteiger partial charge in [-0.2, -0.15) is 0 Å². The van der Waals surface area contributed by atoms with Crippen LogP contribution in [0.1, 0.15) is 37.0 Å². The van der Waals surface area contributed by atoms with E-state index in [1.54, 1.807) is 0 Å². The number of piperidine rings is 1. The summed E-state index contributed by atoms with van der Waals surface area (Å²) in [6.45, 7) is 6.62. The van der Waals surface area contributed by atoms with E-state index in [1.807, 2.05) is 54.1 Å². The zero-order valence-electron chi connectivity index (χ0n) is 16.0. The number of carbonyl (C=O) groups is 2. The van der Waals surface area contributed by atoms with Crippen molar-refractivity contribution in [2.45, 2.75) is 38.9 Å². The molecular formula is C21H27N3O3. The predicted molar refractivity (Wildman–Crippen MR) is 104 cm³/mol. The quantitative estimate of drug-likeness (QED) is 0.885. The summed E-state index contributed by atoms with van der Waals surface area (Å²) in [5.74, 6) is 0.278. The first-order valence-corrected chi connectivity index (χ1v) is 9.82. The Kier molecular flexibility index (Phi) is 4.91. The van der Waals surface area contributed by atoms with Crippen LogP contribution in [0.3, 0.4) is 0 Å². The summed E-state index contributed by atoms with van der Waals surface area (Å²) < 4.78 is 5.73. The number of H-pyrrole nitrogens is 1. The number of nitrogens with one attached hydrogen (secondary N) is 1. The highest BCUT2D eigenvalue weighted by molar-refractivity contribution is 5.98. The zero-order valence-corrected chi connectivity index (χ0v) is 16.0. The van der Waals surface area contributed by atoms with Crippen molar-refractivity contribution in [1.29, 1.82) is 0 Å². The van der Waals surface area contributed by atoms with E-state index >= 15 is 0 Å². The van der Waals surface area contributed by atoms with Crippen LogP contribution in [0.5, 0.6) is 0 Å². The molecule has 6 heteroatoms. The van der Waals surface area contributed by atoms with Crippen molar-refractivity contribution >= 4 is 22.7 Å². The van der Waals surface area contributed by atoms with Crippen molar-refractivity contribution in [1.82, 2.24) is 14.8 Å². The molecule has 1 aromatic carbocycles. The predicted octanol–water partition coefficient (Wildman–Crippen LogP) is 2.66. The van der Waals surface area contributed by atoms with Gasteiger partial charge in [-0.25, -0.2) is 0 Å². The number of aromatic amines is 1. The van der Waals surface area contributed by atoms with E-state index in [9.17, 15) is 9.59 Å². The third-order valence-electron chi connectivity index (χ3n) is 5.66. The van der Waals surface area contributed by atoms with Gasteiger partial charge in [-0.05, 0) is 50.3 Å². The van der Waals surface area contributed by atoms with Crippen LogP contribution in [0.4, 0.5) is 0 Å². The molecule has 0 aliphatic carbocycles. The van der Waals surface area contributed by atoms with Gasteiger partial charge in [0.1, 0.15) is 0 Å². The Morgan fingerprint density at radius 3 is 2.44 bits per heavy atom. The van der Waals surface area contributed by atoms with Crippen LogP contribution < -0.4 is 0 Å². The van der Waals surface area contributed by atoms with Crippen LogP contribution in [0.2, 0.25) is 0 Å². The van der Waals surface area contributed by atoms with E-state index in [0.29, 0.717) is 31.7 Å². The van der Waals surface area contributed by atoms with Crippen LogP contribution in [0, 0.1) is 5.92 Å². The molecule has 0 bridgehead atoms. The third kappa shape index (κ3) is 3.72. The van der Waals surface area contributed by atoms with Crippen LogP contribution in [-0.4, -0.2) is 65.0 Å². The minimum atomic E-state index is 0.0115. The number of benzene rings is 1. The summed E-state index contributed by atoms with van der Waals surface area (Å²) in [6.07, 6.45) is 3.51. The lowest BCUT2D eigenvalue weighted by molar-refractivity contribution is -0.148. The van der Waals surface area contributed by atoms with Crippen LogP contribution >= 0.6 is 0 Å². The molecular weight excluding hydrogens is 342 g/mol. The van der Waals surface area contributed by atoms with Crippen molar-refractivity contribution in [2.75, 3.05) is 26.2 Å². The van der Waals surface area contributed by atoms with Crippen molar-refractivity contribution < 1.29 is 14.3 Å². The van der Waals surface area contributed by atoms with Gasteiger partial charge in [-0.1, -0.05) is 6.07 Å². The van der Waals surface area contributed by atoms with Gasteiger partial charge in [-0.3, -0.25) is 9.59 Å². The Morgan fingerprint density at radius 2 is 1.74 bits per heavy atom. The lowest BCUT2D eigenvalue weighted by Crippen LogP contribution is -2.51. The maximum absolute atomic E-state index is 12.9. The topological polar surface area (TPSA) is 65.6 Å². The number of ether oxygens (including phenoxy) is 1. The molecule has 2 atom stereocenters. The first kappa shape index (κ1) is 18.0. The molecule has 1 N–H and O–H groups in total. The number of nitrogens with zero attached hydrogens (tertiary/aromatic N) is 2. The molecule has 0 saturated carbocycles. The fourth-order valence-corrected chi connectivity index (χ4v) is 4.31. The van der Waals surface area contributed by atoms with Gasteiger partial charge in [0.15, 0.2) is 0 Å². The molecule has 0 unspecified atom stereocenters. The van der Waals surface area contributed by atoms with E-state index in [4.69, 9.17) is 4.74 Å². The maximum Gasteiger partial charge on any atom is 0.253 e. The second kappa shape index (κ2) is 7.35. The van der Waals surface area contributed by atoms with E-state index in [0.717, 1.165) is 23.7 Å². The molecule has 27 heavy (non-hydrogen) atoms. The average Bonchev–Trinajstić information content (AvgIpc) is 3.14. The van der Waals surface area contributed by atoms with Crippen LogP contribution in [-0.2, 0) is 9.53 Å². The Balaban J connectivity index is 1.36. The SMILES string of the molecule is C[C@H]1CN(C(=O)C2CCN(C(=O)c3ccc4cc[nH]c4c3)CC2)C[C@H](C)O1.